The highest BCUT2D eigenvalue weighted by Crippen LogP contribution is 2.29. The summed E-state index contributed by atoms with van der Waals surface area (Å²) in [6.07, 6.45) is 1.48. The number of hydrogen-bond donors (Lipinski definition) is 2. The Bertz CT molecular complexity index is 470. The number of aliphatic hydroxyl groups is 1. The summed E-state index contributed by atoms with van der Waals surface area (Å²) in [5.41, 5.74) is 0.451. The highest BCUT2D eigenvalue weighted by Gasteiger charge is 2.29. The van der Waals surface area contributed by atoms with Crippen LogP contribution in [0.25, 0.3) is 0 Å². The van der Waals surface area contributed by atoms with Crippen LogP contribution in [-0.4, -0.2) is 43.7 Å². The van der Waals surface area contributed by atoms with Crippen molar-refractivity contribution in [2.24, 2.45) is 0 Å². The average molecular weight is 309 g/mol. The van der Waals surface area contributed by atoms with E-state index < -0.39 is 5.60 Å². The third-order valence-corrected chi connectivity index (χ3v) is 3.80. The van der Waals surface area contributed by atoms with Gasteiger partial charge in [0.05, 0.1) is 18.8 Å². The molecule has 5 heteroatoms. The molecule has 1 aliphatic rings. The normalized spacial score (nSPS) is 17.5. The van der Waals surface area contributed by atoms with Crippen molar-refractivity contribution in [3.63, 3.8) is 0 Å². The Hall–Kier alpha value is -1.30. The predicted octanol–water partition coefficient (Wildman–Crippen LogP) is 2.11. The molecule has 124 valence electrons. The summed E-state index contributed by atoms with van der Waals surface area (Å²) in [6.45, 7) is 6.50. The van der Waals surface area contributed by atoms with Gasteiger partial charge in [0, 0.05) is 39.1 Å². The van der Waals surface area contributed by atoms with Gasteiger partial charge in [-0.25, -0.2) is 0 Å². The first-order valence-electron chi connectivity index (χ1n) is 7.87. The van der Waals surface area contributed by atoms with Gasteiger partial charge >= 0.3 is 0 Å². The molecule has 2 N–H and O–H groups in total. The smallest absolute Gasteiger partial charge is 0.161 e. The van der Waals surface area contributed by atoms with Crippen LogP contribution in [0.1, 0.15) is 32.3 Å². The minimum absolute atomic E-state index is 0.112. The number of nitrogens with one attached hydrogen (secondary N) is 1. The molecule has 5 nitrogen and oxygen atoms in total. The molecule has 2 rings (SSSR count). The molecule has 1 saturated heterocycles. The van der Waals surface area contributed by atoms with Crippen molar-refractivity contribution in [3.05, 3.63) is 23.8 Å². The van der Waals surface area contributed by atoms with Crippen LogP contribution >= 0.6 is 0 Å². The first-order valence-corrected chi connectivity index (χ1v) is 7.87. The molecule has 0 unspecified atom stereocenters. The molecule has 22 heavy (non-hydrogen) atoms. The monoisotopic (exact) mass is 309 g/mol. The lowest BCUT2D eigenvalue weighted by Gasteiger charge is -2.32. The molecular formula is C17H27NO4. The molecule has 0 amide bonds. The van der Waals surface area contributed by atoms with E-state index in [1.54, 1.807) is 7.11 Å². The molecule has 1 fully saturated rings. The topological polar surface area (TPSA) is 60.0 Å². The predicted molar refractivity (Wildman–Crippen MR) is 85.5 cm³/mol. The molecule has 0 aliphatic carbocycles. The largest absolute Gasteiger partial charge is 0.493 e. The van der Waals surface area contributed by atoms with Gasteiger partial charge in [0.15, 0.2) is 11.5 Å². The zero-order chi connectivity index (χ0) is 16.0. The Kier molecular flexibility index (Phi) is 6.06. The van der Waals surface area contributed by atoms with E-state index in [-0.39, 0.29) is 6.10 Å². The first kappa shape index (κ1) is 17.1. The van der Waals surface area contributed by atoms with Crippen molar-refractivity contribution in [1.29, 1.82) is 0 Å². The number of hydrogen-bond acceptors (Lipinski definition) is 5. The Morgan fingerprint density at radius 2 is 2.00 bits per heavy atom. The summed E-state index contributed by atoms with van der Waals surface area (Å²) < 4.78 is 16.4. The van der Waals surface area contributed by atoms with Crippen LogP contribution in [0.15, 0.2) is 18.2 Å². The Morgan fingerprint density at radius 3 is 2.64 bits per heavy atom. The first-order chi connectivity index (χ1) is 10.5. The van der Waals surface area contributed by atoms with Gasteiger partial charge in [0.2, 0.25) is 0 Å². The summed E-state index contributed by atoms with van der Waals surface area (Å²) in [5, 5.41) is 13.7. The van der Waals surface area contributed by atoms with Gasteiger partial charge < -0.3 is 24.6 Å². The zero-order valence-corrected chi connectivity index (χ0v) is 13.7. The van der Waals surface area contributed by atoms with Gasteiger partial charge in [-0.15, -0.1) is 0 Å². The quantitative estimate of drug-likeness (QED) is 0.808. The van der Waals surface area contributed by atoms with E-state index in [1.807, 2.05) is 32.0 Å². The van der Waals surface area contributed by atoms with Crippen LogP contribution in [0, 0.1) is 0 Å². The van der Waals surface area contributed by atoms with Crippen LogP contribution in [0.3, 0.4) is 0 Å². The van der Waals surface area contributed by atoms with Gasteiger partial charge in [0.1, 0.15) is 0 Å². The highest BCUT2D eigenvalue weighted by molar-refractivity contribution is 5.43. The standard InChI is InChI=1S/C17H27NO4/c1-13(2)22-15-5-4-14(10-16(15)20-3)11-18-12-17(19)6-8-21-9-7-17/h4-5,10,13,18-19H,6-9,11-12H2,1-3H3. The maximum Gasteiger partial charge on any atom is 0.161 e. The van der Waals surface area contributed by atoms with Crippen molar-refractivity contribution in [1.82, 2.24) is 5.32 Å². The molecule has 0 radical (unpaired) electrons. The lowest BCUT2D eigenvalue weighted by atomic mass is 9.94. The average Bonchev–Trinajstić information content (AvgIpc) is 2.48. The van der Waals surface area contributed by atoms with E-state index in [1.165, 1.54) is 0 Å². The van der Waals surface area contributed by atoms with Crippen LogP contribution in [-0.2, 0) is 11.3 Å². The Morgan fingerprint density at radius 1 is 1.27 bits per heavy atom. The second-order valence-corrected chi connectivity index (χ2v) is 6.09. The lowest BCUT2D eigenvalue weighted by Crippen LogP contribution is -2.44. The maximum atomic E-state index is 10.4. The Balaban J connectivity index is 1.89. The number of ether oxygens (including phenoxy) is 3. The SMILES string of the molecule is COc1cc(CNCC2(O)CCOCC2)ccc1OC(C)C. The zero-order valence-electron chi connectivity index (χ0n) is 13.7. The molecule has 0 aromatic heterocycles. The molecule has 1 aliphatic heterocycles. The van der Waals surface area contributed by atoms with Crippen molar-refractivity contribution in [2.45, 2.75) is 44.9 Å². The minimum Gasteiger partial charge on any atom is -0.493 e. The van der Waals surface area contributed by atoms with E-state index in [4.69, 9.17) is 14.2 Å². The molecule has 1 heterocycles. The van der Waals surface area contributed by atoms with Gasteiger partial charge in [-0.1, -0.05) is 6.07 Å². The summed E-state index contributed by atoms with van der Waals surface area (Å²) in [6, 6.07) is 5.92. The molecule has 0 saturated carbocycles. The van der Waals surface area contributed by atoms with Gasteiger partial charge in [0.25, 0.3) is 0 Å². The number of rotatable bonds is 7. The summed E-state index contributed by atoms with van der Waals surface area (Å²) in [5.74, 6) is 1.49. The summed E-state index contributed by atoms with van der Waals surface area (Å²) in [4.78, 5) is 0. The van der Waals surface area contributed by atoms with E-state index in [2.05, 4.69) is 5.32 Å². The minimum atomic E-state index is -0.650. The van der Waals surface area contributed by atoms with Gasteiger partial charge in [-0.05, 0) is 31.5 Å². The third-order valence-electron chi connectivity index (χ3n) is 3.80. The van der Waals surface area contributed by atoms with Crippen molar-refractivity contribution >= 4 is 0 Å². The van der Waals surface area contributed by atoms with E-state index >= 15 is 0 Å². The van der Waals surface area contributed by atoms with Crippen LogP contribution in [0.4, 0.5) is 0 Å². The molecule has 0 atom stereocenters. The fraction of sp³-hybridized carbons (Fsp3) is 0.647. The van der Waals surface area contributed by atoms with Crippen molar-refractivity contribution < 1.29 is 19.3 Å². The molecule has 0 bridgehead atoms. The second kappa shape index (κ2) is 7.81. The fourth-order valence-corrected chi connectivity index (χ4v) is 2.54. The van der Waals surface area contributed by atoms with E-state index in [0.29, 0.717) is 39.1 Å². The lowest BCUT2D eigenvalue weighted by molar-refractivity contribution is -0.0617. The molecule has 1 aromatic carbocycles. The van der Waals surface area contributed by atoms with Gasteiger partial charge in [-0.2, -0.15) is 0 Å². The fourth-order valence-electron chi connectivity index (χ4n) is 2.54. The van der Waals surface area contributed by atoms with Crippen LogP contribution in [0.2, 0.25) is 0 Å². The molecular weight excluding hydrogens is 282 g/mol. The van der Waals surface area contributed by atoms with Gasteiger partial charge in [-0.3, -0.25) is 0 Å². The second-order valence-electron chi connectivity index (χ2n) is 6.09. The van der Waals surface area contributed by atoms with Crippen LogP contribution < -0.4 is 14.8 Å². The summed E-state index contributed by atoms with van der Waals surface area (Å²) >= 11 is 0. The van der Waals surface area contributed by atoms with Crippen LogP contribution in [0.5, 0.6) is 11.5 Å². The number of benzene rings is 1. The Labute approximate surface area is 132 Å². The van der Waals surface area contributed by atoms with E-state index in [9.17, 15) is 5.11 Å². The van der Waals surface area contributed by atoms with Crippen molar-refractivity contribution in [3.8, 4) is 11.5 Å². The molecule has 0 spiro atoms. The highest BCUT2D eigenvalue weighted by atomic mass is 16.5. The summed E-state index contributed by atoms with van der Waals surface area (Å²) in [7, 11) is 1.64. The maximum absolute atomic E-state index is 10.4. The third kappa shape index (κ3) is 4.87. The number of methoxy groups -OCH3 is 1. The van der Waals surface area contributed by atoms with E-state index in [0.717, 1.165) is 17.1 Å². The molecule has 1 aromatic rings. The van der Waals surface area contributed by atoms with Crippen molar-refractivity contribution in [2.75, 3.05) is 26.9 Å².